The number of aromatic hydroxyl groups is 1. The molecule has 1 aromatic rings. The summed E-state index contributed by atoms with van der Waals surface area (Å²) in [6, 6.07) is 5.59. The zero-order valence-corrected chi connectivity index (χ0v) is 14.4. The maximum absolute atomic E-state index is 12.5. The summed E-state index contributed by atoms with van der Waals surface area (Å²) in [6.07, 6.45) is 4.16. The van der Waals surface area contributed by atoms with Gasteiger partial charge < -0.3 is 14.9 Å². The SMILES string of the molecule is COC(=O)[C@H]1Cc2cc(O)ccc2[C@H]2CC[C@]3(C)[C@@H](O)CC[C@H]3[C@H]12. The fraction of sp³-hybridized carbons (Fsp3) is 0.650. The molecule has 0 heterocycles. The van der Waals surface area contributed by atoms with Crippen molar-refractivity contribution >= 4 is 5.97 Å². The highest BCUT2D eigenvalue weighted by Gasteiger charge is 2.58. The molecule has 2 fully saturated rings. The highest BCUT2D eigenvalue weighted by molar-refractivity contribution is 5.74. The second kappa shape index (κ2) is 5.48. The Morgan fingerprint density at radius 3 is 2.83 bits per heavy atom. The lowest BCUT2D eigenvalue weighted by Crippen LogP contribution is -2.49. The highest BCUT2D eigenvalue weighted by atomic mass is 16.5. The van der Waals surface area contributed by atoms with Crippen molar-refractivity contribution in [3.8, 4) is 5.75 Å². The van der Waals surface area contributed by atoms with E-state index in [0.717, 1.165) is 31.2 Å². The molecular weight excluding hydrogens is 304 g/mol. The topological polar surface area (TPSA) is 66.8 Å². The molecule has 0 amide bonds. The first-order valence-corrected chi connectivity index (χ1v) is 9.03. The van der Waals surface area contributed by atoms with Crippen LogP contribution in [0.5, 0.6) is 5.75 Å². The number of carbonyl (C=O) groups excluding carboxylic acids is 1. The number of ether oxygens (including phenoxy) is 1. The van der Waals surface area contributed by atoms with Gasteiger partial charge in [-0.3, -0.25) is 4.79 Å². The first-order chi connectivity index (χ1) is 11.5. The molecule has 4 rings (SSSR count). The Morgan fingerprint density at radius 2 is 2.08 bits per heavy atom. The number of aliphatic hydroxyl groups excluding tert-OH is 1. The van der Waals surface area contributed by atoms with Gasteiger partial charge in [0, 0.05) is 0 Å². The van der Waals surface area contributed by atoms with Gasteiger partial charge in [-0.05, 0) is 78.5 Å². The molecular formula is C20H26O4. The summed E-state index contributed by atoms with van der Waals surface area (Å²) >= 11 is 0. The summed E-state index contributed by atoms with van der Waals surface area (Å²) in [6.45, 7) is 2.20. The van der Waals surface area contributed by atoms with Gasteiger partial charge in [0.25, 0.3) is 0 Å². The van der Waals surface area contributed by atoms with Crippen molar-refractivity contribution in [3.63, 3.8) is 0 Å². The van der Waals surface area contributed by atoms with Crippen LogP contribution in [0.4, 0.5) is 0 Å². The van der Waals surface area contributed by atoms with E-state index in [1.807, 2.05) is 6.07 Å². The minimum atomic E-state index is -0.261. The van der Waals surface area contributed by atoms with Gasteiger partial charge in [0.05, 0.1) is 19.1 Å². The number of carbonyl (C=O) groups is 1. The van der Waals surface area contributed by atoms with Crippen LogP contribution in [0.3, 0.4) is 0 Å². The van der Waals surface area contributed by atoms with E-state index in [2.05, 4.69) is 6.92 Å². The van der Waals surface area contributed by atoms with Crippen LogP contribution in [-0.2, 0) is 16.0 Å². The van der Waals surface area contributed by atoms with Gasteiger partial charge in [0.1, 0.15) is 5.75 Å². The predicted molar refractivity (Wildman–Crippen MR) is 89.6 cm³/mol. The minimum Gasteiger partial charge on any atom is -0.508 e. The third-order valence-corrected chi connectivity index (χ3v) is 7.22. The number of benzene rings is 1. The van der Waals surface area contributed by atoms with E-state index in [9.17, 15) is 15.0 Å². The molecule has 2 N–H and O–H groups in total. The number of methoxy groups -OCH3 is 1. The van der Waals surface area contributed by atoms with Crippen LogP contribution in [0.2, 0.25) is 0 Å². The molecule has 6 atom stereocenters. The Balaban J connectivity index is 1.80. The lowest BCUT2D eigenvalue weighted by molar-refractivity contribution is -0.152. The monoisotopic (exact) mass is 330 g/mol. The molecule has 2 saturated carbocycles. The number of phenols is 1. The van der Waals surface area contributed by atoms with Gasteiger partial charge in [-0.15, -0.1) is 0 Å². The summed E-state index contributed by atoms with van der Waals surface area (Å²) in [4.78, 5) is 12.5. The van der Waals surface area contributed by atoms with E-state index in [0.29, 0.717) is 18.3 Å². The highest BCUT2D eigenvalue weighted by Crippen LogP contribution is 2.62. The molecule has 0 aromatic heterocycles. The number of phenolic OH excluding ortho intramolecular Hbond substituents is 1. The fourth-order valence-corrected chi connectivity index (χ4v) is 5.99. The number of fused-ring (bicyclic) bond motifs is 5. The van der Waals surface area contributed by atoms with Crippen molar-refractivity contribution < 1.29 is 19.7 Å². The first kappa shape index (κ1) is 15.9. The second-order valence-corrected chi connectivity index (χ2v) is 8.14. The van der Waals surface area contributed by atoms with E-state index >= 15 is 0 Å². The molecule has 0 radical (unpaired) electrons. The fourth-order valence-electron chi connectivity index (χ4n) is 5.99. The molecule has 0 saturated heterocycles. The van der Waals surface area contributed by atoms with E-state index in [-0.39, 0.29) is 35.1 Å². The van der Waals surface area contributed by atoms with E-state index in [1.54, 1.807) is 12.1 Å². The predicted octanol–water partition coefficient (Wildman–Crippen LogP) is 3.01. The first-order valence-electron chi connectivity index (χ1n) is 9.03. The van der Waals surface area contributed by atoms with Crippen molar-refractivity contribution in [1.29, 1.82) is 0 Å². The van der Waals surface area contributed by atoms with Gasteiger partial charge in [-0.2, -0.15) is 0 Å². The molecule has 3 aliphatic rings. The van der Waals surface area contributed by atoms with Crippen LogP contribution in [0, 0.1) is 23.2 Å². The van der Waals surface area contributed by atoms with Crippen LogP contribution >= 0.6 is 0 Å². The molecule has 130 valence electrons. The third kappa shape index (κ3) is 2.12. The normalized spacial score (nSPS) is 40.4. The van der Waals surface area contributed by atoms with Gasteiger partial charge in [0.2, 0.25) is 0 Å². The maximum Gasteiger partial charge on any atom is 0.309 e. The summed E-state index contributed by atoms with van der Waals surface area (Å²) < 4.78 is 5.13. The molecule has 3 aliphatic carbocycles. The van der Waals surface area contributed by atoms with Crippen molar-refractivity contribution in [2.24, 2.45) is 23.2 Å². The largest absolute Gasteiger partial charge is 0.508 e. The number of hydrogen-bond donors (Lipinski definition) is 2. The summed E-state index contributed by atoms with van der Waals surface area (Å²) in [5, 5.41) is 20.4. The maximum atomic E-state index is 12.5. The van der Waals surface area contributed by atoms with Gasteiger partial charge in [-0.25, -0.2) is 0 Å². The summed E-state index contributed by atoms with van der Waals surface area (Å²) in [5.74, 6) is 0.839. The summed E-state index contributed by atoms with van der Waals surface area (Å²) in [5.41, 5.74) is 2.28. The quantitative estimate of drug-likeness (QED) is 0.777. The van der Waals surface area contributed by atoms with Crippen LogP contribution in [-0.4, -0.2) is 29.4 Å². The summed E-state index contributed by atoms with van der Waals surface area (Å²) in [7, 11) is 1.46. The molecule has 0 aliphatic heterocycles. The third-order valence-electron chi connectivity index (χ3n) is 7.22. The molecule has 0 unspecified atom stereocenters. The van der Waals surface area contributed by atoms with Crippen LogP contribution in [0.15, 0.2) is 18.2 Å². The number of esters is 1. The smallest absolute Gasteiger partial charge is 0.309 e. The Morgan fingerprint density at radius 1 is 1.29 bits per heavy atom. The zero-order chi connectivity index (χ0) is 17.1. The van der Waals surface area contributed by atoms with Crippen LogP contribution < -0.4 is 0 Å². The zero-order valence-electron chi connectivity index (χ0n) is 14.4. The van der Waals surface area contributed by atoms with Crippen LogP contribution in [0.25, 0.3) is 0 Å². The molecule has 4 nitrogen and oxygen atoms in total. The van der Waals surface area contributed by atoms with Gasteiger partial charge in [0.15, 0.2) is 0 Å². The molecule has 24 heavy (non-hydrogen) atoms. The van der Waals surface area contributed by atoms with Crippen molar-refractivity contribution in [2.45, 2.75) is 51.0 Å². The lowest BCUT2D eigenvalue weighted by atomic mass is 9.52. The van der Waals surface area contributed by atoms with Gasteiger partial charge >= 0.3 is 5.97 Å². The minimum absolute atomic E-state index is 0.0815. The van der Waals surface area contributed by atoms with Crippen molar-refractivity contribution in [1.82, 2.24) is 0 Å². The second-order valence-electron chi connectivity index (χ2n) is 8.14. The Bertz CT molecular complexity index is 670. The molecule has 4 heteroatoms. The number of hydrogen-bond acceptors (Lipinski definition) is 4. The average molecular weight is 330 g/mol. The van der Waals surface area contributed by atoms with E-state index in [1.165, 1.54) is 12.7 Å². The van der Waals surface area contributed by atoms with E-state index in [4.69, 9.17) is 4.74 Å². The Labute approximate surface area is 142 Å². The van der Waals surface area contributed by atoms with Crippen molar-refractivity contribution in [2.75, 3.05) is 7.11 Å². The molecule has 0 spiro atoms. The average Bonchev–Trinajstić information content (AvgIpc) is 2.88. The lowest BCUT2D eigenvalue weighted by Gasteiger charge is -2.52. The Hall–Kier alpha value is -1.55. The molecule has 0 bridgehead atoms. The van der Waals surface area contributed by atoms with Crippen LogP contribution in [0.1, 0.15) is 49.7 Å². The standard InChI is InChI=1S/C20H26O4/c1-20-8-7-14-13-4-3-12(21)9-11(13)10-15(19(23)24-2)18(14)16(20)5-6-17(20)22/h3-4,9,14-18,21-22H,5-8,10H2,1-2H3/t14-,15+,16+,17+,18+,20+/m1/s1. The Kier molecular flexibility index (Phi) is 3.64. The van der Waals surface area contributed by atoms with E-state index < -0.39 is 0 Å². The van der Waals surface area contributed by atoms with Crippen molar-refractivity contribution in [3.05, 3.63) is 29.3 Å². The number of rotatable bonds is 1. The molecule has 1 aromatic carbocycles. The van der Waals surface area contributed by atoms with Gasteiger partial charge in [-0.1, -0.05) is 13.0 Å². The number of aliphatic hydroxyl groups is 1.